The molecular weight excluding hydrogens is 162 g/mol. The topological polar surface area (TPSA) is 32.3 Å². The van der Waals surface area contributed by atoms with E-state index in [2.05, 4.69) is 18.8 Å². The van der Waals surface area contributed by atoms with Gasteiger partial charge >= 0.3 is 0 Å². The van der Waals surface area contributed by atoms with Crippen molar-refractivity contribution in [1.29, 1.82) is 0 Å². The molecular formula is C11H15NO. The molecule has 0 saturated heterocycles. The predicted octanol–water partition coefficient (Wildman–Crippen LogP) is 2.22. The molecule has 0 fully saturated rings. The Morgan fingerprint density at radius 1 is 1.38 bits per heavy atom. The molecule has 1 unspecified atom stereocenters. The average molecular weight is 177 g/mol. The van der Waals surface area contributed by atoms with Gasteiger partial charge in [-0.25, -0.2) is 0 Å². The number of rotatable bonds is 3. The Labute approximate surface area is 78.9 Å². The van der Waals surface area contributed by atoms with Crippen molar-refractivity contribution in [2.75, 3.05) is 5.32 Å². The van der Waals surface area contributed by atoms with Gasteiger partial charge in [0, 0.05) is 5.69 Å². The fourth-order valence-corrected chi connectivity index (χ4v) is 1.06. The van der Waals surface area contributed by atoms with Crippen molar-refractivity contribution in [1.82, 2.24) is 0 Å². The van der Waals surface area contributed by atoms with Gasteiger partial charge in [0.2, 0.25) is 0 Å². The lowest BCUT2D eigenvalue weighted by Crippen LogP contribution is -2.14. The van der Waals surface area contributed by atoms with E-state index in [4.69, 9.17) is 0 Å². The first-order valence-corrected chi connectivity index (χ1v) is 4.28. The molecule has 1 atom stereocenters. The molecule has 1 rings (SSSR count). The van der Waals surface area contributed by atoms with E-state index in [1.54, 1.807) is 0 Å². The first-order chi connectivity index (χ1) is 6.13. The fraction of sp³-hybridized carbons (Fsp3) is 0.273. The quantitative estimate of drug-likeness (QED) is 0.548. The third-order valence-corrected chi connectivity index (χ3v) is 2.04. The molecule has 2 heteroatoms. The molecule has 1 aromatic rings. The average Bonchev–Trinajstić information content (AvgIpc) is 2.11. The van der Waals surface area contributed by atoms with Crippen LogP contribution in [0, 0.1) is 13.8 Å². The smallest absolute Gasteiger partial charge is 0.143 e. The van der Waals surface area contributed by atoms with Crippen LogP contribution >= 0.6 is 0 Å². The molecule has 0 aliphatic heterocycles. The monoisotopic (exact) mass is 177 g/mol. The number of hydrogen-bond donors (Lipinski definition) is 2. The second-order valence-electron chi connectivity index (χ2n) is 3.12. The zero-order valence-corrected chi connectivity index (χ0v) is 8.04. The Hall–Kier alpha value is -1.28. The number of aliphatic hydroxyl groups is 1. The van der Waals surface area contributed by atoms with Crippen molar-refractivity contribution in [2.24, 2.45) is 0 Å². The Morgan fingerprint density at radius 3 is 2.62 bits per heavy atom. The van der Waals surface area contributed by atoms with Crippen LogP contribution in [0.2, 0.25) is 0 Å². The highest BCUT2D eigenvalue weighted by Crippen LogP contribution is 2.14. The lowest BCUT2D eigenvalue weighted by molar-refractivity contribution is 0.253. The lowest BCUT2D eigenvalue weighted by Gasteiger charge is -2.11. The van der Waals surface area contributed by atoms with Gasteiger partial charge in [-0.2, -0.15) is 0 Å². The van der Waals surface area contributed by atoms with Crippen LogP contribution in [-0.2, 0) is 0 Å². The summed E-state index contributed by atoms with van der Waals surface area (Å²) in [6.45, 7) is 7.59. The zero-order chi connectivity index (χ0) is 9.84. The van der Waals surface area contributed by atoms with Crippen LogP contribution in [0.5, 0.6) is 0 Å². The molecule has 2 nitrogen and oxygen atoms in total. The molecule has 13 heavy (non-hydrogen) atoms. The van der Waals surface area contributed by atoms with Crippen molar-refractivity contribution in [3.63, 3.8) is 0 Å². The SMILES string of the molecule is C=CC(O)Nc1ccc(C)c(C)c1. The zero-order valence-electron chi connectivity index (χ0n) is 8.04. The van der Waals surface area contributed by atoms with Crippen LogP contribution in [0.1, 0.15) is 11.1 Å². The Morgan fingerprint density at radius 2 is 2.08 bits per heavy atom. The molecule has 0 aliphatic carbocycles. The van der Waals surface area contributed by atoms with Crippen LogP contribution < -0.4 is 5.32 Å². The summed E-state index contributed by atoms with van der Waals surface area (Å²) < 4.78 is 0. The Balaban J connectivity index is 2.79. The van der Waals surface area contributed by atoms with Gasteiger partial charge in [-0.15, -0.1) is 0 Å². The first-order valence-electron chi connectivity index (χ1n) is 4.28. The molecule has 0 bridgehead atoms. The molecule has 1 aromatic carbocycles. The Bertz CT molecular complexity index is 307. The van der Waals surface area contributed by atoms with Crippen molar-refractivity contribution in [3.05, 3.63) is 42.0 Å². The molecule has 0 amide bonds. The summed E-state index contributed by atoms with van der Waals surface area (Å²) in [7, 11) is 0. The maximum absolute atomic E-state index is 9.24. The normalized spacial score (nSPS) is 12.2. The van der Waals surface area contributed by atoms with Crippen molar-refractivity contribution in [3.8, 4) is 0 Å². The number of aryl methyl sites for hydroxylation is 2. The van der Waals surface area contributed by atoms with Gasteiger partial charge in [0.15, 0.2) is 0 Å². The highest BCUT2D eigenvalue weighted by atomic mass is 16.3. The van der Waals surface area contributed by atoms with E-state index in [1.807, 2.05) is 25.1 Å². The molecule has 0 spiro atoms. The van der Waals surface area contributed by atoms with Gasteiger partial charge in [0.1, 0.15) is 6.23 Å². The standard InChI is InChI=1S/C11H15NO/c1-4-11(13)12-10-6-5-8(2)9(3)7-10/h4-7,11-13H,1H2,2-3H3. The Kier molecular flexibility index (Phi) is 3.09. The van der Waals surface area contributed by atoms with Crippen molar-refractivity contribution >= 4 is 5.69 Å². The third kappa shape index (κ3) is 2.60. The number of nitrogens with one attached hydrogen (secondary N) is 1. The van der Waals surface area contributed by atoms with Crippen molar-refractivity contribution < 1.29 is 5.11 Å². The summed E-state index contributed by atoms with van der Waals surface area (Å²) in [5.74, 6) is 0. The second kappa shape index (κ2) is 4.10. The summed E-state index contributed by atoms with van der Waals surface area (Å²) >= 11 is 0. The van der Waals surface area contributed by atoms with Crippen LogP contribution in [0.4, 0.5) is 5.69 Å². The molecule has 0 aliphatic rings. The minimum atomic E-state index is -0.679. The first kappa shape index (κ1) is 9.81. The summed E-state index contributed by atoms with van der Waals surface area (Å²) in [5.41, 5.74) is 3.37. The number of hydrogen-bond acceptors (Lipinski definition) is 2. The van der Waals surface area contributed by atoms with Crippen LogP contribution in [-0.4, -0.2) is 11.3 Å². The second-order valence-corrected chi connectivity index (χ2v) is 3.12. The van der Waals surface area contributed by atoms with E-state index < -0.39 is 6.23 Å². The summed E-state index contributed by atoms with van der Waals surface area (Å²) in [6, 6.07) is 5.96. The maximum atomic E-state index is 9.24. The molecule has 2 N–H and O–H groups in total. The van der Waals surface area contributed by atoms with E-state index in [0.717, 1.165) is 5.69 Å². The van der Waals surface area contributed by atoms with Gasteiger partial charge in [0.25, 0.3) is 0 Å². The van der Waals surface area contributed by atoms with Gasteiger partial charge in [-0.1, -0.05) is 12.6 Å². The highest BCUT2D eigenvalue weighted by molar-refractivity contribution is 5.48. The molecule has 70 valence electrons. The summed E-state index contributed by atoms with van der Waals surface area (Å²) in [5, 5.41) is 12.1. The third-order valence-electron chi connectivity index (χ3n) is 2.04. The molecule has 0 saturated carbocycles. The summed E-state index contributed by atoms with van der Waals surface area (Å²) in [6.07, 6.45) is 0.775. The summed E-state index contributed by atoms with van der Waals surface area (Å²) in [4.78, 5) is 0. The molecule has 0 radical (unpaired) electrons. The minimum absolute atomic E-state index is 0.679. The van der Waals surface area contributed by atoms with Gasteiger partial charge in [0.05, 0.1) is 0 Å². The van der Waals surface area contributed by atoms with Crippen LogP contribution in [0.3, 0.4) is 0 Å². The molecule has 0 aromatic heterocycles. The number of aliphatic hydroxyl groups excluding tert-OH is 1. The minimum Gasteiger partial charge on any atom is -0.370 e. The van der Waals surface area contributed by atoms with E-state index >= 15 is 0 Å². The van der Waals surface area contributed by atoms with E-state index in [0.29, 0.717) is 0 Å². The fourth-order valence-electron chi connectivity index (χ4n) is 1.06. The van der Waals surface area contributed by atoms with E-state index in [9.17, 15) is 5.11 Å². The lowest BCUT2D eigenvalue weighted by atomic mass is 10.1. The van der Waals surface area contributed by atoms with Crippen molar-refractivity contribution in [2.45, 2.75) is 20.1 Å². The number of benzene rings is 1. The van der Waals surface area contributed by atoms with Gasteiger partial charge < -0.3 is 10.4 Å². The molecule has 0 heterocycles. The predicted molar refractivity (Wildman–Crippen MR) is 55.7 cm³/mol. The van der Waals surface area contributed by atoms with Crippen LogP contribution in [0.25, 0.3) is 0 Å². The van der Waals surface area contributed by atoms with Crippen LogP contribution in [0.15, 0.2) is 30.9 Å². The highest BCUT2D eigenvalue weighted by Gasteiger charge is 1.99. The van der Waals surface area contributed by atoms with Gasteiger partial charge in [-0.3, -0.25) is 0 Å². The largest absolute Gasteiger partial charge is 0.370 e. The maximum Gasteiger partial charge on any atom is 0.143 e. The number of anilines is 1. The van der Waals surface area contributed by atoms with Gasteiger partial charge in [-0.05, 0) is 43.2 Å². The van der Waals surface area contributed by atoms with E-state index in [-0.39, 0.29) is 0 Å². The van der Waals surface area contributed by atoms with E-state index in [1.165, 1.54) is 17.2 Å².